The molecule has 0 radical (unpaired) electrons. The van der Waals surface area contributed by atoms with Crippen molar-refractivity contribution in [1.82, 2.24) is 0 Å². The molecule has 0 aromatic heterocycles. The lowest BCUT2D eigenvalue weighted by Gasteiger charge is -2.09. The zero-order valence-corrected chi connectivity index (χ0v) is 13.2. The standard InChI is InChI=1S/C19H25NO2/c1-16-6-8-17(9-7-16)20-18-10-12-19(13-11-18)22-15-5-3-2-4-14-21/h6-13,20-21H,2-5,14-15H2,1H3. The minimum atomic E-state index is 0.288. The first-order chi connectivity index (χ1) is 10.8. The number of hydrogen-bond acceptors (Lipinski definition) is 3. The van der Waals surface area contributed by atoms with Crippen molar-refractivity contribution in [3.05, 3.63) is 54.1 Å². The number of rotatable bonds is 9. The van der Waals surface area contributed by atoms with Gasteiger partial charge in [-0.1, -0.05) is 24.1 Å². The van der Waals surface area contributed by atoms with Gasteiger partial charge in [0.1, 0.15) is 5.75 Å². The molecule has 2 aromatic carbocycles. The summed E-state index contributed by atoms with van der Waals surface area (Å²) in [4.78, 5) is 0. The Labute approximate surface area is 133 Å². The van der Waals surface area contributed by atoms with Crippen molar-refractivity contribution < 1.29 is 9.84 Å². The van der Waals surface area contributed by atoms with Gasteiger partial charge in [-0.3, -0.25) is 0 Å². The van der Waals surface area contributed by atoms with E-state index in [4.69, 9.17) is 9.84 Å². The third kappa shape index (κ3) is 5.78. The lowest BCUT2D eigenvalue weighted by atomic mass is 10.2. The smallest absolute Gasteiger partial charge is 0.119 e. The van der Waals surface area contributed by atoms with E-state index in [0.717, 1.165) is 49.4 Å². The van der Waals surface area contributed by atoms with Crippen molar-refractivity contribution in [1.29, 1.82) is 0 Å². The Kier molecular flexibility index (Phi) is 6.78. The number of unbranched alkanes of at least 4 members (excludes halogenated alkanes) is 3. The van der Waals surface area contributed by atoms with Gasteiger partial charge in [0.15, 0.2) is 0 Å². The Morgan fingerprint density at radius 3 is 2.05 bits per heavy atom. The minimum absolute atomic E-state index is 0.288. The molecule has 22 heavy (non-hydrogen) atoms. The number of aryl methyl sites for hydroxylation is 1. The van der Waals surface area contributed by atoms with Gasteiger partial charge in [0.25, 0.3) is 0 Å². The summed E-state index contributed by atoms with van der Waals surface area (Å²) in [6.45, 7) is 3.10. The van der Waals surface area contributed by atoms with Crippen LogP contribution in [0.2, 0.25) is 0 Å². The minimum Gasteiger partial charge on any atom is -0.494 e. The lowest BCUT2D eigenvalue weighted by molar-refractivity contribution is 0.273. The normalized spacial score (nSPS) is 10.5. The second-order valence-corrected chi connectivity index (χ2v) is 5.50. The highest BCUT2D eigenvalue weighted by Gasteiger charge is 1.97. The van der Waals surface area contributed by atoms with Crippen molar-refractivity contribution in [2.24, 2.45) is 0 Å². The van der Waals surface area contributed by atoms with Crippen molar-refractivity contribution in [2.45, 2.75) is 32.6 Å². The van der Waals surface area contributed by atoms with E-state index in [1.165, 1.54) is 5.56 Å². The van der Waals surface area contributed by atoms with Crippen molar-refractivity contribution in [2.75, 3.05) is 18.5 Å². The highest BCUT2D eigenvalue weighted by atomic mass is 16.5. The summed E-state index contributed by atoms with van der Waals surface area (Å²) in [7, 11) is 0. The van der Waals surface area contributed by atoms with E-state index in [0.29, 0.717) is 0 Å². The SMILES string of the molecule is Cc1ccc(Nc2ccc(OCCCCCCO)cc2)cc1. The van der Waals surface area contributed by atoms with Gasteiger partial charge in [0, 0.05) is 18.0 Å². The zero-order chi connectivity index (χ0) is 15.6. The van der Waals surface area contributed by atoms with Crippen LogP contribution in [-0.4, -0.2) is 18.3 Å². The number of hydrogen-bond donors (Lipinski definition) is 2. The van der Waals surface area contributed by atoms with E-state index < -0.39 is 0 Å². The Bertz CT molecular complexity index is 534. The molecule has 0 saturated carbocycles. The first kappa shape index (κ1) is 16.4. The molecule has 0 amide bonds. The number of ether oxygens (including phenoxy) is 1. The van der Waals surface area contributed by atoms with Crippen LogP contribution in [-0.2, 0) is 0 Å². The summed E-state index contributed by atoms with van der Waals surface area (Å²) < 4.78 is 5.72. The second kappa shape index (κ2) is 9.11. The van der Waals surface area contributed by atoms with Crippen LogP contribution in [0.1, 0.15) is 31.2 Å². The summed E-state index contributed by atoms with van der Waals surface area (Å²) in [6.07, 6.45) is 4.09. The lowest BCUT2D eigenvalue weighted by Crippen LogP contribution is -1.98. The van der Waals surface area contributed by atoms with Gasteiger partial charge < -0.3 is 15.2 Å². The summed E-state index contributed by atoms with van der Waals surface area (Å²) in [5, 5.41) is 12.1. The molecule has 0 atom stereocenters. The van der Waals surface area contributed by atoms with Gasteiger partial charge in [0.2, 0.25) is 0 Å². The molecule has 0 aliphatic heterocycles. The number of aliphatic hydroxyl groups excluding tert-OH is 1. The second-order valence-electron chi connectivity index (χ2n) is 5.50. The van der Waals surface area contributed by atoms with Gasteiger partial charge in [-0.15, -0.1) is 0 Å². The van der Waals surface area contributed by atoms with Gasteiger partial charge in [-0.05, 0) is 62.6 Å². The summed E-state index contributed by atoms with van der Waals surface area (Å²) in [5.41, 5.74) is 3.40. The van der Waals surface area contributed by atoms with Gasteiger partial charge in [0.05, 0.1) is 6.61 Å². The zero-order valence-electron chi connectivity index (χ0n) is 13.2. The third-order valence-electron chi connectivity index (χ3n) is 3.52. The molecule has 0 heterocycles. The largest absolute Gasteiger partial charge is 0.494 e. The van der Waals surface area contributed by atoms with Gasteiger partial charge in [-0.2, -0.15) is 0 Å². The molecule has 118 valence electrons. The molecule has 3 heteroatoms. The maximum Gasteiger partial charge on any atom is 0.119 e. The molecule has 3 nitrogen and oxygen atoms in total. The molecule has 0 aliphatic carbocycles. The van der Waals surface area contributed by atoms with Crippen LogP contribution < -0.4 is 10.1 Å². The highest BCUT2D eigenvalue weighted by molar-refractivity contribution is 5.60. The van der Waals surface area contributed by atoms with E-state index in [-0.39, 0.29) is 6.61 Å². The molecule has 0 saturated heterocycles. The van der Waals surface area contributed by atoms with Crippen LogP contribution in [0.5, 0.6) is 5.75 Å². The molecule has 0 bridgehead atoms. The summed E-state index contributed by atoms with van der Waals surface area (Å²) in [5.74, 6) is 0.900. The topological polar surface area (TPSA) is 41.5 Å². The number of anilines is 2. The first-order valence-corrected chi connectivity index (χ1v) is 7.95. The van der Waals surface area contributed by atoms with Crippen molar-refractivity contribution in [3.8, 4) is 5.75 Å². The Balaban J connectivity index is 1.74. The van der Waals surface area contributed by atoms with E-state index >= 15 is 0 Å². The van der Waals surface area contributed by atoms with Crippen LogP contribution in [0.3, 0.4) is 0 Å². The van der Waals surface area contributed by atoms with E-state index in [2.05, 4.69) is 36.5 Å². The average molecular weight is 299 g/mol. The Hall–Kier alpha value is -2.00. The van der Waals surface area contributed by atoms with Crippen LogP contribution >= 0.6 is 0 Å². The monoisotopic (exact) mass is 299 g/mol. The van der Waals surface area contributed by atoms with Crippen LogP contribution in [0.15, 0.2) is 48.5 Å². The maximum atomic E-state index is 8.71. The third-order valence-corrected chi connectivity index (χ3v) is 3.52. The maximum absolute atomic E-state index is 8.71. The predicted molar refractivity (Wildman–Crippen MR) is 92.0 cm³/mol. The van der Waals surface area contributed by atoms with E-state index in [9.17, 15) is 0 Å². The van der Waals surface area contributed by atoms with Gasteiger partial charge >= 0.3 is 0 Å². The number of benzene rings is 2. The molecule has 2 rings (SSSR count). The molecule has 0 aliphatic rings. The fourth-order valence-electron chi connectivity index (χ4n) is 2.20. The number of aliphatic hydroxyl groups is 1. The van der Waals surface area contributed by atoms with Crippen LogP contribution in [0.25, 0.3) is 0 Å². The molecular weight excluding hydrogens is 274 g/mol. The Morgan fingerprint density at radius 2 is 1.41 bits per heavy atom. The predicted octanol–water partition coefficient (Wildman–Crippen LogP) is 4.67. The first-order valence-electron chi connectivity index (χ1n) is 7.95. The molecule has 0 spiro atoms. The quantitative estimate of drug-likeness (QED) is 0.661. The highest BCUT2D eigenvalue weighted by Crippen LogP contribution is 2.20. The average Bonchev–Trinajstić information content (AvgIpc) is 2.54. The number of nitrogens with one attached hydrogen (secondary N) is 1. The van der Waals surface area contributed by atoms with Crippen molar-refractivity contribution in [3.63, 3.8) is 0 Å². The fourth-order valence-corrected chi connectivity index (χ4v) is 2.20. The summed E-state index contributed by atoms with van der Waals surface area (Å²) >= 11 is 0. The molecule has 0 fully saturated rings. The Morgan fingerprint density at radius 1 is 0.818 bits per heavy atom. The van der Waals surface area contributed by atoms with Gasteiger partial charge in [-0.25, -0.2) is 0 Å². The van der Waals surface area contributed by atoms with Crippen LogP contribution in [0.4, 0.5) is 11.4 Å². The summed E-state index contributed by atoms with van der Waals surface area (Å²) in [6, 6.07) is 16.4. The fraction of sp³-hybridized carbons (Fsp3) is 0.368. The molecule has 0 unspecified atom stereocenters. The molecular formula is C19H25NO2. The van der Waals surface area contributed by atoms with E-state index in [1.54, 1.807) is 0 Å². The molecule has 2 N–H and O–H groups in total. The van der Waals surface area contributed by atoms with E-state index in [1.807, 2.05) is 24.3 Å². The van der Waals surface area contributed by atoms with Crippen LogP contribution in [0, 0.1) is 6.92 Å². The van der Waals surface area contributed by atoms with Crippen molar-refractivity contribution >= 4 is 11.4 Å². The molecule has 2 aromatic rings.